The second-order valence-corrected chi connectivity index (χ2v) is 6.24. The van der Waals surface area contributed by atoms with Crippen molar-refractivity contribution in [2.24, 2.45) is 0 Å². The number of halogens is 1. The van der Waals surface area contributed by atoms with E-state index in [0.717, 1.165) is 15.2 Å². The van der Waals surface area contributed by atoms with Crippen LogP contribution in [0.5, 0.6) is 11.5 Å². The summed E-state index contributed by atoms with van der Waals surface area (Å²) in [4.78, 5) is 23.2. The Morgan fingerprint density at radius 2 is 1.68 bits per heavy atom. The lowest BCUT2D eigenvalue weighted by atomic mass is 10.1. The molecule has 126 valence electrons. The Kier molecular flexibility index (Phi) is 5.14. The summed E-state index contributed by atoms with van der Waals surface area (Å²) in [5.41, 5.74) is 0.566. The fourth-order valence-electron chi connectivity index (χ4n) is 2.38. The van der Waals surface area contributed by atoms with Crippen LogP contribution in [0, 0.1) is 0 Å². The lowest BCUT2D eigenvalue weighted by molar-refractivity contribution is -0.136. The smallest absolute Gasteiger partial charge is 0.349 e. The third-order valence-electron chi connectivity index (χ3n) is 3.67. The number of fused-ring (bicyclic) bond motifs is 1. The summed E-state index contributed by atoms with van der Waals surface area (Å²) in [5.74, 6) is 0.386. The van der Waals surface area contributed by atoms with Crippen LogP contribution in [0.1, 0.15) is 17.3 Å². The van der Waals surface area contributed by atoms with Crippen LogP contribution in [-0.4, -0.2) is 18.4 Å². The van der Waals surface area contributed by atoms with Gasteiger partial charge < -0.3 is 9.47 Å². The summed E-state index contributed by atoms with van der Waals surface area (Å²) in [6.45, 7) is 1.27. The minimum atomic E-state index is -0.518. The first-order valence-electron chi connectivity index (χ1n) is 7.66. The van der Waals surface area contributed by atoms with Gasteiger partial charge in [-0.1, -0.05) is 30.3 Å². The molecule has 0 bridgehead atoms. The maximum absolute atomic E-state index is 12.0. The molecule has 3 rings (SSSR count). The SMILES string of the molecule is CC(=O)c1ccc(OC(=O)COc2ccc3ccccc3c2Br)cc1. The van der Waals surface area contributed by atoms with Crippen LogP contribution in [0.15, 0.2) is 65.1 Å². The van der Waals surface area contributed by atoms with Gasteiger partial charge in [-0.3, -0.25) is 4.79 Å². The monoisotopic (exact) mass is 398 g/mol. The molecule has 0 aliphatic heterocycles. The van der Waals surface area contributed by atoms with Crippen LogP contribution in [0.3, 0.4) is 0 Å². The van der Waals surface area contributed by atoms with E-state index in [2.05, 4.69) is 15.9 Å². The van der Waals surface area contributed by atoms with Gasteiger partial charge in [0.25, 0.3) is 0 Å². The van der Waals surface area contributed by atoms with E-state index in [1.165, 1.54) is 6.92 Å². The van der Waals surface area contributed by atoms with Gasteiger partial charge in [-0.15, -0.1) is 0 Å². The molecule has 0 unspecified atom stereocenters. The molecular weight excluding hydrogens is 384 g/mol. The average Bonchev–Trinajstić information content (AvgIpc) is 2.62. The molecule has 0 saturated carbocycles. The lowest BCUT2D eigenvalue weighted by Gasteiger charge is -2.10. The minimum absolute atomic E-state index is 0.0395. The zero-order valence-corrected chi connectivity index (χ0v) is 15.1. The van der Waals surface area contributed by atoms with Crippen LogP contribution in [0.25, 0.3) is 10.8 Å². The molecule has 0 radical (unpaired) electrons. The Bertz CT molecular complexity index is 932. The standard InChI is InChI=1S/C20H15BrO4/c1-13(22)14-6-9-16(10-7-14)25-19(23)12-24-18-11-8-15-4-2-3-5-17(15)20(18)21/h2-11H,12H2,1H3. The second kappa shape index (κ2) is 7.49. The highest BCUT2D eigenvalue weighted by Gasteiger charge is 2.10. The molecule has 4 nitrogen and oxygen atoms in total. The summed E-state index contributed by atoms with van der Waals surface area (Å²) in [7, 11) is 0. The maximum Gasteiger partial charge on any atom is 0.349 e. The van der Waals surface area contributed by atoms with Crippen molar-refractivity contribution >= 4 is 38.5 Å². The number of benzene rings is 3. The Labute approximate surface area is 153 Å². The molecule has 0 N–H and O–H groups in total. The molecule has 0 atom stereocenters. The van der Waals surface area contributed by atoms with E-state index in [0.29, 0.717) is 17.1 Å². The van der Waals surface area contributed by atoms with Crippen LogP contribution >= 0.6 is 15.9 Å². The highest BCUT2D eigenvalue weighted by Crippen LogP contribution is 2.33. The van der Waals surface area contributed by atoms with Crippen molar-refractivity contribution in [3.05, 3.63) is 70.7 Å². The molecule has 0 fully saturated rings. The number of Topliss-reactive ketones (excluding diaryl/α,β-unsaturated/α-hetero) is 1. The fourth-order valence-corrected chi connectivity index (χ4v) is 2.99. The third-order valence-corrected chi connectivity index (χ3v) is 4.48. The van der Waals surface area contributed by atoms with Crippen molar-refractivity contribution in [2.45, 2.75) is 6.92 Å². The molecule has 5 heteroatoms. The van der Waals surface area contributed by atoms with E-state index in [1.807, 2.05) is 30.3 Å². The summed E-state index contributed by atoms with van der Waals surface area (Å²) in [6.07, 6.45) is 0. The van der Waals surface area contributed by atoms with E-state index in [4.69, 9.17) is 9.47 Å². The highest BCUT2D eigenvalue weighted by molar-refractivity contribution is 9.10. The van der Waals surface area contributed by atoms with Gasteiger partial charge >= 0.3 is 5.97 Å². The molecule has 0 saturated heterocycles. The number of carbonyl (C=O) groups excluding carboxylic acids is 2. The molecule has 0 aliphatic carbocycles. The molecule has 0 aliphatic rings. The summed E-state index contributed by atoms with van der Waals surface area (Å²) >= 11 is 3.51. The van der Waals surface area contributed by atoms with Crippen molar-refractivity contribution in [3.63, 3.8) is 0 Å². The number of hydrogen-bond donors (Lipinski definition) is 0. The molecule has 0 aromatic heterocycles. The predicted molar refractivity (Wildman–Crippen MR) is 99.2 cm³/mol. The highest BCUT2D eigenvalue weighted by atomic mass is 79.9. The zero-order valence-electron chi connectivity index (χ0n) is 13.5. The van der Waals surface area contributed by atoms with Gasteiger partial charge in [0.2, 0.25) is 0 Å². The molecule has 25 heavy (non-hydrogen) atoms. The van der Waals surface area contributed by atoms with Crippen molar-refractivity contribution in [2.75, 3.05) is 6.61 Å². The Morgan fingerprint density at radius 1 is 0.960 bits per heavy atom. The molecule has 0 spiro atoms. The number of ether oxygens (including phenoxy) is 2. The first-order valence-corrected chi connectivity index (χ1v) is 8.45. The largest absolute Gasteiger partial charge is 0.481 e. The third kappa shape index (κ3) is 4.06. The van der Waals surface area contributed by atoms with E-state index < -0.39 is 5.97 Å². The lowest BCUT2D eigenvalue weighted by Crippen LogP contribution is -2.17. The quantitative estimate of drug-likeness (QED) is 0.352. The molecule has 0 heterocycles. The molecule has 3 aromatic rings. The normalized spacial score (nSPS) is 10.5. The molecular formula is C20H15BrO4. The van der Waals surface area contributed by atoms with Crippen molar-refractivity contribution in [1.82, 2.24) is 0 Å². The van der Waals surface area contributed by atoms with Crippen LogP contribution in [-0.2, 0) is 4.79 Å². The Hall–Kier alpha value is -2.66. The van der Waals surface area contributed by atoms with Gasteiger partial charge in [0.15, 0.2) is 12.4 Å². The molecule has 3 aromatic carbocycles. The number of rotatable bonds is 5. The topological polar surface area (TPSA) is 52.6 Å². The van der Waals surface area contributed by atoms with E-state index >= 15 is 0 Å². The van der Waals surface area contributed by atoms with Crippen molar-refractivity contribution in [1.29, 1.82) is 0 Å². The van der Waals surface area contributed by atoms with Gasteiger partial charge in [0, 0.05) is 5.56 Å². The zero-order chi connectivity index (χ0) is 17.8. The number of esters is 1. The van der Waals surface area contributed by atoms with Gasteiger partial charge in [0.05, 0.1) is 4.47 Å². The van der Waals surface area contributed by atoms with E-state index in [-0.39, 0.29) is 12.4 Å². The van der Waals surface area contributed by atoms with Gasteiger partial charge in [-0.2, -0.15) is 0 Å². The fraction of sp³-hybridized carbons (Fsp3) is 0.100. The van der Waals surface area contributed by atoms with Gasteiger partial charge in [-0.05, 0) is 64.0 Å². The Balaban J connectivity index is 1.64. The number of ketones is 1. The van der Waals surface area contributed by atoms with Crippen LogP contribution in [0.4, 0.5) is 0 Å². The first kappa shape index (κ1) is 17.2. The predicted octanol–water partition coefficient (Wildman–Crippen LogP) is 4.79. The van der Waals surface area contributed by atoms with E-state index in [1.54, 1.807) is 30.3 Å². The minimum Gasteiger partial charge on any atom is -0.481 e. The number of carbonyl (C=O) groups is 2. The van der Waals surface area contributed by atoms with Crippen molar-refractivity contribution in [3.8, 4) is 11.5 Å². The van der Waals surface area contributed by atoms with Gasteiger partial charge in [-0.25, -0.2) is 4.79 Å². The second-order valence-electron chi connectivity index (χ2n) is 5.44. The van der Waals surface area contributed by atoms with Crippen LogP contribution in [0.2, 0.25) is 0 Å². The maximum atomic E-state index is 12.0. The summed E-state index contributed by atoms with van der Waals surface area (Å²) in [5, 5.41) is 2.09. The van der Waals surface area contributed by atoms with E-state index in [9.17, 15) is 9.59 Å². The molecule has 0 amide bonds. The van der Waals surface area contributed by atoms with Crippen LogP contribution < -0.4 is 9.47 Å². The summed E-state index contributed by atoms with van der Waals surface area (Å²) < 4.78 is 11.6. The number of hydrogen-bond acceptors (Lipinski definition) is 4. The van der Waals surface area contributed by atoms with Crippen molar-refractivity contribution < 1.29 is 19.1 Å². The average molecular weight is 399 g/mol. The summed E-state index contributed by atoms with van der Waals surface area (Å²) in [6, 6.07) is 18.0. The Morgan fingerprint density at radius 3 is 2.40 bits per heavy atom. The first-order chi connectivity index (χ1) is 12.0. The van der Waals surface area contributed by atoms with Gasteiger partial charge in [0.1, 0.15) is 11.5 Å².